The number of pyridine rings is 1. The molecule has 0 amide bonds. The summed E-state index contributed by atoms with van der Waals surface area (Å²) in [4.78, 5) is 4.02. The highest BCUT2D eigenvalue weighted by molar-refractivity contribution is 9.10. The molecule has 4 nitrogen and oxygen atoms in total. The molecule has 0 fully saturated rings. The summed E-state index contributed by atoms with van der Waals surface area (Å²) in [6.07, 6.45) is 4.57. The fourth-order valence-corrected chi connectivity index (χ4v) is 2.50. The van der Waals surface area contributed by atoms with E-state index < -0.39 is 0 Å². The second-order valence-electron chi connectivity index (χ2n) is 4.90. The quantitative estimate of drug-likeness (QED) is 0.770. The summed E-state index contributed by atoms with van der Waals surface area (Å²) in [6.45, 7) is 4.31. The zero-order valence-electron chi connectivity index (χ0n) is 12.9. The summed E-state index contributed by atoms with van der Waals surface area (Å²) in [5.41, 5.74) is 2.34. The molecule has 0 aliphatic heterocycles. The van der Waals surface area contributed by atoms with Gasteiger partial charge in [0.05, 0.1) is 13.7 Å². The Morgan fingerprint density at radius 2 is 1.91 bits per heavy atom. The first-order valence-corrected chi connectivity index (χ1v) is 8.12. The van der Waals surface area contributed by atoms with E-state index in [0.717, 1.165) is 41.0 Å². The van der Waals surface area contributed by atoms with Gasteiger partial charge in [-0.15, -0.1) is 0 Å². The monoisotopic (exact) mass is 364 g/mol. The average molecular weight is 365 g/mol. The van der Waals surface area contributed by atoms with Gasteiger partial charge in [0.2, 0.25) is 0 Å². The van der Waals surface area contributed by atoms with Crippen molar-refractivity contribution in [2.24, 2.45) is 0 Å². The van der Waals surface area contributed by atoms with Crippen molar-refractivity contribution in [2.45, 2.75) is 26.4 Å². The van der Waals surface area contributed by atoms with E-state index in [1.54, 1.807) is 19.5 Å². The second kappa shape index (κ2) is 8.76. The van der Waals surface area contributed by atoms with Crippen LogP contribution in [0.1, 0.15) is 24.5 Å². The van der Waals surface area contributed by atoms with Gasteiger partial charge in [-0.1, -0.05) is 22.9 Å². The van der Waals surface area contributed by atoms with Gasteiger partial charge in [0.1, 0.15) is 0 Å². The van der Waals surface area contributed by atoms with E-state index in [2.05, 4.69) is 33.2 Å². The van der Waals surface area contributed by atoms with Gasteiger partial charge in [-0.05, 0) is 41.8 Å². The number of hydrogen-bond donors (Lipinski definition) is 1. The van der Waals surface area contributed by atoms with Crippen molar-refractivity contribution >= 4 is 15.9 Å². The molecule has 0 spiro atoms. The molecule has 0 bridgehead atoms. The Kier molecular flexibility index (Phi) is 6.68. The summed E-state index contributed by atoms with van der Waals surface area (Å²) in [7, 11) is 1.66. The first-order chi connectivity index (χ1) is 10.7. The molecular weight excluding hydrogens is 344 g/mol. The highest BCUT2D eigenvalue weighted by Crippen LogP contribution is 2.33. The van der Waals surface area contributed by atoms with E-state index in [0.29, 0.717) is 6.61 Å². The molecule has 1 aromatic carbocycles. The third kappa shape index (κ3) is 4.71. The Morgan fingerprint density at radius 1 is 1.14 bits per heavy atom. The Labute approximate surface area is 140 Å². The molecular formula is C17H21BrN2O2. The molecule has 1 N–H and O–H groups in total. The Hall–Kier alpha value is -1.59. The summed E-state index contributed by atoms with van der Waals surface area (Å²) >= 11 is 3.60. The van der Waals surface area contributed by atoms with E-state index in [-0.39, 0.29) is 0 Å². The minimum atomic E-state index is 0.683. The fourth-order valence-electron chi connectivity index (χ4n) is 2.04. The number of aromatic nitrogens is 1. The minimum Gasteiger partial charge on any atom is -0.493 e. The van der Waals surface area contributed by atoms with Gasteiger partial charge in [-0.2, -0.15) is 0 Å². The molecule has 0 aliphatic rings. The molecule has 2 rings (SSSR count). The van der Waals surface area contributed by atoms with Crippen molar-refractivity contribution in [1.29, 1.82) is 0 Å². The van der Waals surface area contributed by atoms with Crippen LogP contribution in [0.15, 0.2) is 41.1 Å². The topological polar surface area (TPSA) is 43.4 Å². The maximum absolute atomic E-state index is 5.70. The van der Waals surface area contributed by atoms with Crippen molar-refractivity contribution in [1.82, 2.24) is 10.3 Å². The van der Waals surface area contributed by atoms with Gasteiger partial charge < -0.3 is 14.8 Å². The Morgan fingerprint density at radius 3 is 2.59 bits per heavy atom. The number of rotatable bonds is 8. The number of ether oxygens (including phenoxy) is 2. The molecule has 0 saturated carbocycles. The first-order valence-electron chi connectivity index (χ1n) is 7.33. The zero-order valence-corrected chi connectivity index (χ0v) is 14.5. The van der Waals surface area contributed by atoms with Gasteiger partial charge >= 0.3 is 0 Å². The predicted molar refractivity (Wildman–Crippen MR) is 91.3 cm³/mol. The van der Waals surface area contributed by atoms with Crippen LogP contribution < -0.4 is 14.8 Å². The molecule has 22 heavy (non-hydrogen) atoms. The highest BCUT2D eigenvalue weighted by atomic mass is 79.9. The highest BCUT2D eigenvalue weighted by Gasteiger charge is 2.10. The van der Waals surface area contributed by atoms with Crippen LogP contribution in [0.3, 0.4) is 0 Å². The average Bonchev–Trinajstić information content (AvgIpc) is 2.55. The molecule has 0 saturated heterocycles. The molecule has 0 atom stereocenters. The normalized spacial score (nSPS) is 10.5. The third-order valence-corrected chi connectivity index (χ3v) is 3.93. The molecule has 5 heteroatoms. The van der Waals surface area contributed by atoms with Gasteiger partial charge in [0, 0.05) is 30.0 Å². The van der Waals surface area contributed by atoms with Crippen LogP contribution in [-0.2, 0) is 13.1 Å². The molecule has 1 aromatic heterocycles. The van der Waals surface area contributed by atoms with Crippen LogP contribution in [0.5, 0.6) is 11.5 Å². The van der Waals surface area contributed by atoms with Crippen LogP contribution in [0.2, 0.25) is 0 Å². The van der Waals surface area contributed by atoms with E-state index in [4.69, 9.17) is 9.47 Å². The van der Waals surface area contributed by atoms with E-state index in [1.807, 2.05) is 24.3 Å². The predicted octanol–water partition coefficient (Wildman–Crippen LogP) is 3.93. The van der Waals surface area contributed by atoms with Gasteiger partial charge in [0.15, 0.2) is 11.5 Å². The van der Waals surface area contributed by atoms with Crippen LogP contribution in [0.4, 0.5) is 0 Å². The lowest BCUT2D eigenvalue weighted by atomic mass is 10.2. The van der Waals surface area contributed by atoms with E-state index in [1.165, 1.54) is 5.56 Å². The minimum absolute atomic E-state index is 0.683. The standard InChI is InChI=1S/C17H21BrN2O2/c1-3-8-22-17-10-15(18)14(9-16(17)21-2)12-20-11-13-4-6-19-7-5-13/h4-7,9-10,20H,3,8,11-12H2,1-2H3. The summed E-state index contributed by atoms with van der Waals surface area (Å²) in [5, 5.41) is 3.42. The number of benzene rings is 1. The van der Waals surface area contributed by atoms with Gasteiger partial charge in [-0.3, -0.25) is 4.98 Å². The van der Waals surface area contributed by atoms with Crippen molar-refractivity contribution in [3.8, 4) is 11.5 Å². The van der Waals surface area contributed by atoms with Crippen molar-refractivity contribution < 1.29 is 9.47 Å². The van der Waals surface area contributed by atoms with E-state index in [9.17, 15) is 0 Å². The summed E-state index contributed by atoms with van der Waals surface area (Å²) in [6, 6.07) is 7.99. The fraction of sp³-hybridized carbons (Fsp3) is 0.353. The summed E-state index contributed by atoms with van der Waals surface area (Å²) in [5.74, 6) is 1.53. The summed E-state index contributed by atoms with van der Waals surface area (Å²) < 4.78 is 12.1. The van der Waals surface area contributed by atoms with Crippen LogP contribution in [0.25, 0.3) is 0 Å². The van der Waals surface area contributed by atoms with Crippen molar-refractivity contribution in [3.63, 3.8) is 0 Å². The van der Waals surface area contributed by atoms with Crippen molar-refractivity contribution in [3.05, 3.63) is 52.3 Å². The molecule has 0 unspecified atom stereocenters. The van der Waals surface area contributed by atoms with Crippen molar-refractivity contribution in [2.75, 3.05) is 13.7 Å². The SMILES string of the molecule is CCCOc1cc(Br)c(CNCc2ccncc2)cc1OC. The zero-order chi connectivity index (χ0) is 15.8. The van der Waals surface area contributed by atoms with Crippen LogP contribution >= 0.6 is 15.9 Å². The lowest BCUT2D eigenvalue weighted by Crippen LogP contribution is -2.13. The van der Waals surface area contributed by atoms with Crippen LogP contribution in [0, 0.1) is 0 Å². The molecule has 1 heterocycles. The molecule has 0 aliphatic carbocycles. The van der Waals surface area contributed by atoms with Gasteiger partial charge in [-0.25, -0.2) is 0 Å². The number of nitrogens with zero attached hydrogens (tertiary/aromatic N) is 1. The number of methoxy groups -OCH3 is 1. The Bertz CT molecular complexity index is 591. The molecule has 118 valence electrons. The molecule has 0 radical (unpaired) electrons. The van der Waals surface area contributed by atoms with Gasteiger partial charge in [0.25, 0.3) is 0 Å². The number of hydrogen-bond acceptors (Lipinski definition) is 4. The Balaban J connectivity index is 2.01. The maximum Gasteiger partial charge on any atom is 0.162 e. The lowest BCUT2D eigenvalue weighted by Gasteiger charge is -2.14. The second-order valence-corrected chi connectivity index (χ2v) is 5.76. The number of nitrogens with one attached hydrogen (secondary N) is 1. The largest absolute Gasteiger partial charge is 0.493 e. The van der Waals surface area contributed by atoms with Crippen LogP contribution in [-0.4, -0.2) is 18.7 Å². The third-order valence-electron chi connectivity index (χ3n) is 3.19. The smallest absolute Gasteiger partial charge is 0.162 e. The lowest BCUT2D eigenvalue weighted by molar-refractivity contribution is 0.294. The van der Waals surface area contributed by atoms with E-state index >= 15 is 0 Å². The molecule has 2 aromatic rings. The maximum atomic E-state index is 5.70. The number of halogens is 1. The first kappa shape index (κ1) is 16.8.